The first kappa shape index (κ1) is 29.7. The van der Waals surface area contributed by atoms with Gasteiger partial charge >= 0.3 is 40.8 Å². The molecule has 14 heavy (non-hydrogen) atoms. The molecule has 0 aliphatic heterocycles. The molecule has 0 saturated carbocycles. The Labute approximate surface area is 108 Å². The van der Waals surface area contributed by atoms with Crippen LogP contribution in [0.4, 0.5) is 0 Å². The van der Waals surface area contributed by atoms with Gasteiger partial charge < -0.3 is 43.1 Å². The molecule has 0 unspecified atom stereocenters. The largest absolute Gasteiger partial charge is 3.00 e. The minimum Gasteiger partial charge on any atom is -0.813 e. The molecule has 0 aliphatic carbocycles. The average Bonchev–Trinajstić information content (AvgIpc) is 1.54. The van der Waals surface area contributed by atoms with Gasteiger partial charge in [0.05, 0.1) is 0 Å². The molecule has 0 spiro atoms. The van der Waals surface area contributed by atoms with Gasteiger partial charge in [-0.15, -0.1) is 0 Å². The minimum absolute atomic E-state index is 0. The summed E-state index contributed by atoms with van der Waals surface area (Å²) >= 11 is 0. The van der Waals surface area contributed by atoms with Crippen LogP contribution in [-0.4, -0.2) is 0 Å². The van der Waals surface area contributed by atoms with Crippen molar-refractivity contribution in [3.05, 3.63) is 0 Å². The number of rotatable bonds is 0. The van der Waals surface area contributed by atoms with E-state index in [-0.39, 0.29) is 40.8 Å². The van der Waals surface area contributed by atoms with Gasteiger partial charge in [-0.25, -0.2) is 0 Å². The second-order valence-corrected chi connectivity index (χ2v) is 2.25. The van der Waals surface area contributed by atoms with Crippen LogP contribution in [0.15, 0.2) is 0 Å². The first-order chi connectivity index (χ1) is 5.20. The van der Waals surface area contributed by atoms with E-state index < -0.39 is 24.8 Å². The summed E-state index contributed by atoms with van der Waals surface area (Å²) in [5.74, 6) is 0. The standard InChI is InChI=1S/3H3O3P.2Re/c3*1-4(2)3;;/h3*4H,(H2,1,2,3);;/q;;;2*+3/p-6. The van der Waals surface area contributed by atoms with Gasteiger partial charge in [-0.05, 0) is 0 Å². The molecule has 0 aromatic rings. The average molecular weight is 612 g/mol. The normalized spacial score (nSPS) is 7.50. The molecular weight excluding hydrogens is 609 g/mol. The molecule has 0 radical (unpaired) electrons. The van der Waals surface area contributed by atoms with Crippen molar-refractivity contribution < 1.29 is 83.9 Å². The topological polar surface area (TPSA) is 190 Å². The predicted molar refractivity (Wildman–Crippen MR) is 27.0 cm³/mol. The molecule has 0 N–H and O–H groups in total. The first-order valence-corrected chi connectivity index (χ1v) is 5.51. The maximum Gasteiger partial charge on any atom is 3.00 e. The molecule has 0 aliphatic rings. The van der Waals surface area contributed by atoms with E-state index in [4.69, 9.17) is 43.1 Å². The molecule has 0 amide bonds. The SMILES string of the molecule is O=[PH]([O-])[O-].O=[PH]([O-])[O-].O=[PH]([O-])[O-].[Re+3].[Re+3]. The van der Waals surface area contributed by atoms with Crippen LogP contribution in [0.2, 0.25) is 0 Å². The van der Waals surface area contributed by atoms with E-state index >= 15 is 0 Å². The molecule has 0 atom stereocenters. The van der Waals surface area contributed by atoms with Crippen LogP contribution < -0.4 is 29.4 Å². The smallest absolute Gasteiger partial charge is 0.813 e. The summed E-state index contributed by atoms with van der Waals surface area (Å²) in [4.78, 5) is 51.1. The third kappa shape index (κ3) is 714. The van der Waals surface area contributed by atoms with Gasteiger partial charge in [0.2, 0.25) is 0 Å². The van der Waals surface area contributed by atoms with Crippen LogP contribution in [0.1, 0.15) is 0 Å². The second-order valence-electron chi connectivity index (χ2n) is 0.750. The molecule has 0 rings (SSSR count). The van der Waals surface area contributed by atoms with E-state index in [1.807, 2.05) is 0 Å². The Bertz CT molecular complexity index is 116. The van der Waals surface area contributed by atoms with E-state index in [0.717, 1.165) is 0 Å². The fourth-order valence-electron chi connectivity index (χ4n) is 0. The zero-order valence-corrected chi connectivity index (χ0v) is 14.4. The molecule has 0 saturated heterocycles. The summed E-state index contributed by atoms with van der Waals surface area (Å²) < 4.78 is 25.6. The fourth-order valence-corrected chi connectivity index (χ4v) is 0. The van der Waals surface area contributed by atoms with Crippen LogP contribution in [0.3, 0.4) is 0 Å². The molecule has 0 fully saturated rings. The first-order valence-electron chi connectivity index (χ1n) is 1.84. The van der Waals surface area contributed by atoms with Gasteiger partial charge in [-0.2, -0.15) is 0 Å². The van der Waals surface area contributed by atoms with Crippen molar-refractivity contribution in [3.8, 4) is 0 Å². The molecule has 0 aromatic carbocycles. The summed E-state index contributed by atoms with van der Waals surface area (Å²) in [6.45, 7) is 0. The van der Waals surface area contributed by atoms with Gasteiger partial charge in [-0.3, -0.25) is 0 Å². The summed E-state index contributed by atoms with van der Waals surface area (Å²) in [5, 5.41) is 0. The Morgan fingerprint density at radius 1 is 0.500 bits per heavy atom. The van der Waals surface area contributed by atoms with E-state index in [0.29, 0.717) is 0 Å². The molecule has 14 heteroatoms. The molecule has 0 aromatic heterocycles. The Hall–Kier alpha value is 1.77. The van der Waals surface area contributed by atoms with Crippen molar-refractivity contribution in [3.63, 3.8) is 0 Å². The zero-order valence-electron chi connectivity index (χ0n) is 5.93. The van der Waals surface area contributed by atoms with Crippen molar-refractivity contribution in [1.82, 2.24) is 0 Å². The van der Waals surface area contributed by atoms with Crippen LogP contribution in [-0.2, 0) is 54.5 Å². The van der Waals surface area contributed by atoms with E-state index in [9.17, 15) is 0 Å². The summed E-state index contributed by atoms with van der Waals surface area (Å²) in [7, 11) is -10.9. The third-order valence-corrected chi connectivity index (χ3v) is 0. The number of hydrogen-bond donors (Lipinski definition) is 0. The Balaban J connectivity index is -0.0000000270. The quantitative estimate of drug-likeness (QED) is 0.240. The van der Waals surface area contributed by atoms with Gasteiger partial charge in [-0.1, -0.05) is 24.8 Å². The second kappa shape index (κ2) is 24.1. The van der Waals surface area contributed by atoms with Crippen LogP contribution in [0.25, 0.3) is 0 Å². The summed E-state index contributed by atoms with van der Waals surface area (Å²) in [6.07, 6.45) is 0. The van der Waals surface area contributed by atoms with Gasteiger partial charge in [0.25, 0.3) is 0 Å². The molecular formula is H3O9P3Re2. The molecule has 0 heterocycles. The Morgan fingerprint density at radius 2 is 0.500 bits per heavy atom. The Kier molecular flexibility index (Phi) is 51.2. The Morgan fingerprint density at radius 3 is 0.500 bits per heavy atom. The zero-order chi connectivity index (χ0) is 10.7. The minimum atomic E-state index is -3.63. The van der Waals surface area contributed by atoms with E-state index in [2.05, 4.69) is 0 Å². The maximum atomic E-state index is 8.52. The monoisotopic (exact) mass is 614 g/mol. The van der Waals surface area contributed by atoms with Crippen molar-refractivity contribution >= 4 is 24.8 Å². The molecule has 0 bridgehead atoms. The van der Waals surface area contributed by atoms with Crippen LogP contribution >= 0.6 is 24.8 Å². The van der Waals surface area contributed by atoms with Gasteiger partial charge in [0.1, 0.15) is 0 Å². The molecule has 9 nitrogen and oxygen atoms in total. The fraction of sp³-hybridized carbons (Fsp3) is 0. The van der Waals surface area contributed by atoms with E-state index in [1.165, 1.54) is 0 Å². The molecule has 86 valence electrons. The van der Waals surface area contributed by atoms with Gasteiger partial charge in [0, 0.05) is 0 Å². The van der Waals surface area contributed by atoms with Gasteiger partial charge in [0.15, 0.2) is 0 Å². The van der Waals surface area contributed by atoms with Crippen molar-refractivity contribution in [1.29, 1.82) is 0 Å². The van der Waals surface area contributed by atoms with Crippen LogP contribution in [0.5, 0.6) is 0 Å². The third-order valence-electron chi connectivity index (χ3n) is 0. The van der Waals surface area contributed by atoms with Crippen molar-refractivity contribution in [2.75, 3.05) is 0 Å². The van der Waals surface area contributed by atoms with Crippen molar-refractivity contribution in [2.45, 2.75) is 0 Å². The summed E-state index contributed by atoms with van der Waals surface area (Å²) in [5.41, 5.74) is 0. The van der Waals surface area contributed by atoms with Crippen LogP contribution in [0, 0.1) is 0 Å². The summed E-state index contributed by atoms with van der Waals surface area (Å²) in [6, 6.07) is 0. The number of hydrogen-bond acceptors (Lipinski definition) is 9. The predicted octanol–water partition coefficient (Wildman–Crippen LogP) is -5.71. The van der Waals surface area contributed by atoms with E-state index in [1.54, 1.807) is 0 Å². The van der Waals surface area contributed by atoms with Crippen molar-refractivity contribution in [2.24, 2.45) is 0 Å². The maximum absolute atomic E-state index is 8.52.